The zero-order chi connectivity index (χ0) is 17.2. The van der Waals surface area contributed by atoms with E-state index >= 15 is 0 Å². The summed E-state index contributed by atoms with van der Waals surface area (Å²) in [7, 11) is -2.67. The predicted molar refractivity (Wildman–Crippen MR) is 80.0 cm³/mol. The number of hydrogen-bond acceptors (Lipinski definition) is 8. The van der Waals surface area contributed by atoms with E-state index in [2.05, 4.69) is 0 Å². The second-order valence-electron chi connectivity index (χ2n) is 5.39. The molecule has 4 N–H and O–H groups in total. The molecule has 1 fully saturated rings. The second-order valence-corrected chi connectivity index (χ2v) is 7.00. The molecule has 1 aliphatic rings. The summed E-state index contributed by atoms with van der Waals surface area (Å²) in [6.45, 7) is 1.36. The van der Waals surface area contributed by atoms with Crippen LogP contribution in [0.15, 0.2) is 29.2 Å². The molecular formula is C14H21NO7S. The van der Waals surface area contributed by atoms with E-state index in [0.717, 1.165) is 5.56 Å². The Morgan fingerprint density at radius 1 is 1.22 bits per heavy atom. The molecule has 5 atom stereocenters. The van der Waals surface area contributed by atoms with Crippen molar-refractivity contribution in [2.24, 2.45) is 5.73 Å². The van der Waals surface area contributed by atoms with Crippen molar-refractivity contribution >= 4 is 10.1 Å². The van der Waals surface area contributed by atoms with E-state index in [9.17, 15) is 18.6 Å². The van der Waals surface area contributed by atoms with Gasteiger partial charge in [0.15, 0.2) is 6.29 Å². The van der Waals surface area contributed by atoms with Crippen molar-refractivity contribution < 1.29 is 32.3 Å². The van der Waals surface area contributed by atoms with Crippen molar-refractivity contribution in [2.75, 3.05) is 13.7 Å². The van der Waals surface area contributed by atoms with Crippen molar-refractivity contribution in [3.63, 3.8) is 0 Å². The summed E-state index contributed by atoms with van der Waals surface area (Å²) in [5, 5.41) is 19.8. The fourth-order valence-corrected chi connectivity index (χ4v) is 3.15. The van der Waals surface area contributed by atoms with Gasteiger partial charge in [-0.1, -0.05) is 17.7 Å². The fraction of sp³-hybridized carbons (Fsp3) is 0.571. The van der Waals surface area contributed by atoms with Crippen molar-refractivity contribution in [2.45, 2.75) is 42.5 Å². The number of aliphatic hydroxyl groups excluding tert-OH is 2. The quantitative estimate of drug-likeness (QED) is 0.586. The van der Waals surface area contributed by atoms with Crippen LogP contribution in [0.5, 0.6) is 0 Å². The minimum Gasteiger partial charge on any atom is -0.388 e. The van der Waals surface area contributed by atoms with Crippen LogP contribution >= 0.6 is 0 Å². The Balaban J connectivity index is 2.05. The van der Waals surface area contributed by atoms with Gasteiger partial charge in [0.2, 0.25) is 0 Å². The lowest BCUT2D eigenvalue weighted by Gasteiger charge is -2.40. The van der Waals surface area contributed by atoms with Gasteiger partial charge in [0.05, 0.1) is 17.5 Å². The molecule has 23 heavy (non-hydrogen) atoms. The minimum atomic E-state index is -4.00. The Morgan fingerprint density at radius 2 is 1.83 bits per heavy atom. The summed E-state index contributed by atoms with van der Waals surface area (Å²) in [4.78, 5) is -0.00561. The molecule has 0 spiro atoms. The number of aryl methyl sites for hydroxylation is 1. The maximum absolute atomic E-state index is 12.1. The summed E-state index contributed by atoms with van der Waals surface area (Å²) in [6, 6.07) is 5.19. The van der Waals surface area contributed by atoms with Gasteiger partial charge in [0.25, 0.3) is 10.1 Å². The van der Waals surface area contributed by atoms with Crippen molar-refractivity contribution in [1.29, 1.82) is 0 Å². The van der Waals surface area contributed by atoms with Crippen LogP contribution in [0.1, 0.15) is 5.56 Å². The third-order valence-electron chi connectivity index (χ3n) is 3.68. The SMILES string of the molecule is CO[C@@H]1O[C@H](COS(=O)(=O)c2ccc(C)cc2)[C@@H](O)[C@H](O)[C@@H]1N. The number of nitrogens with two attached hydrogens (primary N) is 1. The molecule has 0 aliphatic carbocycles. The lowest BCUT2D eigenvalue weighted by atomic mass is 9.98. The summed E-state index contributed by atoms with van der Waals surface area (Å²) in [5.74, 6) is 0. The molecule has 2 rings (SSSR count). The van der Waals surface area contributed by atoms with Crippen LogP contribution in [0.25, 0.3) is 0 Å². The maximum atomic E-state index is 12.1. The molecule has 0 saturated carbocycles. The number of benzene rings is 1. The monoisotopic (exact) mass is 347 g/mol. The minimum absolute atomic E-state index is 0.00561. The molecule has 0 aromatic heterocycles. The van der Waals surface area contributed by atoms with Crippen molar-refractivity contribution in [1.82, 2.24) is 0 Å². The van der Waals surface area contributed by atoms with E-state index in [4.69, 9.17) is 19.4 Å². The summed E-state index contributed by atoms with van der Waals surface area (Å²) >= 11 is 0. The third-order valence-corrected chi connectivity index (χ3v) is 4.97. The van der Waals surface area contributed by atoms with E-state index in [0.29, 0.717) is 0 Å². The highest BCUT2D eigenvalue weighted by atomic mass is 32.2. The fourth-order valence-electron chi connectivity index (χ4n) is 2.23. The molecule has 0 amide bonds. The first-order valence-electron chi connectivity index (χ1n) is 7.02. The first-order valence-corrected chi connectivity index (χ1v) is 8.43. The maximum Gasteiger partial charge on any atom is 0.297 e. The highest BCUT2D eigenvalue weighted by molar-refractivity contribution is 7.86. The lowest BCUT2D eigenvalue weighted by Crippen LogP contribution is -2.62. The number of methoxy groups -OCH3 is 1. The zero-order valence-corrected chi connectivity index (χ0v) is 13.6. The van der Waals surface area contributed by atoms with E-state index < -0.39 is 47.4 Å². The molecule has 1 aliphatic heterocycles. The Labute approximate surface area is 134 Å². The average molecular weight is 347 g/mol. The zero-order valence-electron chi connectivity index (χ0n) is 12.8. The van der Waals surface area contributed by atoms with Crippen LogP contribution < -0.4 is 5.73 Å². The molecular weight excluding hydrogens is 326 g/mol. The summed E-state index contributed by atoms with van der Waals surface area (Å²) in [6.07, 6.45) is -4.76. The first kappa shape index (κ1) is 18.3. The Kier molecular flexibility index (Phi) is 5.74. The molecule has 1 aromatic carbocycles. The molecule has 1 heterocycles. The molecule has 1 aromatic rings. The normalized spacial score (nSPS) is 32.0. The predicted octanol–water partition coefficient (Wildman–Crippen LogP) is -0.879. The Morgan fingerprint density at radius 3 is 2.39 bits per heavy atom. The van der Waals surface area contributed by atoms with Crippen LogP contribution in [-0.4, -0.2) is 63.0 Å². The largest absolute Gasteiger partial charge is 0.388 e. The third kappa shape index (κ3) is 4.07. The Bertz CT molecular complexity index is 617. The summed E-state index contributed by atoms with van der Waals surface area (Å²) in [5.41, 5.74) is 6.57. The van der Waals surface area contributed by atoms with Gasteiger partial charge in [-0.2, -0.15) is 8.42 Å². The highest BCUT2D eigenvalue weighted by Gasteiger charge is 2.43. The van der Waals surface area contributed by atoms with Crippen LogP contribution in [0, 0.1) is 6.92 Å². The van der Waals surface area contributed by atoms with Crippen LogP contribution in [0.3, 0.4) is 0 Å². The van der Waals surface area contributed by atoms with E-state index in [1.54, 1.807) is 12.1 Å². The molecule has 0 radical (unpaired) electrons. The molecule has 0 unspecified atom stereocenters. The van der Waals surface area contributed by atoms with Gasteiger partial charge < -0.3 is 25.4 Å². The smallest absolute Gasteiger partial charge is 0.297 e. The Hall–Kier alpha value is -1.07. The topological polar surface area (TPSA) is 128 Å². The van der Waals surface area contributed by atoms with Crippen LogP contribution in [0.4, 0.5) is 0 Å². The van der Waals surface area contributed by atoms with Gasteiger partial charge in [0, 0.05) is 7.11 Å². The van der Waals surface area contributed by atoms with E-state index in [1.807, 2.05) is 6.92 Å². The van der Waals surface area contributed by atoms with Crippen molar-refractivity contribution in [3.8, 4) is 0 Å². The highest BCUT2D eigenvalue weighted by Crippen LogP contribution is 2.22. The van der Waals surface area contributed by atoms with Crippen molar-refractivity contribution in [3.05, 3.63) is 29.8 Å². The van der Waals surface area contributed by atoms with Gasteiger partial charge in [-0.15, -0.1) is 0 Å². The van der Waals surface area contributed by atoms with E-state index in [-0.39, 0.29) is 4.90 Å². The average Bonchev–Trinajstić information content (AvgIpc) is 2.52. The molecule has 1 saturated heterocycles. The molecule has 130 valence electrons. The van der Waals surface area contributed by atoms with Gasteiger partial charge in [-0.05, 0) is 19.1 Å². The van der Waals surface area contributed by atoms with Gasteiger partial charge in [-0.25, -0.2) is 0 Å². The van der Waals surface area contributed by atoms with Gasteiger partial charge in [0.1, 0.15) is 18.3 Å². The summed E-state index contributed by atoms with van der Waals surface area (Å²) < 4.78 is 39.4. The lowest BCUT2D eigenvalue weighted by molar-refractivity contribution is -0.256. The van der Waals surface area contributed by atoms with Gasteiger partial charge in [-0.3, -0.25) is 4.18 Å². The number of aliphatic hydroxyl groups is 2. The van der Waals surface area contributed by atoms with E-state index in [1.165, 1.54) is 19.2 Å². The van der Waals surface area contributed by atoms with Crippen LogP contribution in [0.2, 0.25) is 0 Å². The molecule has 9 heteroatoms. The number of rotatable bonds is 5. The molecule has 0 bridgehead atoms. The van der Waals surface area contributed by atoms with Gasteiger partial charge >= 0.3 is 0 Å². The second kappa shape index (κ2) is 7.22. The van der Waals surface area contributed by atoms with Crippen LogP contribution in [-0.2, 0) is 23.8 Å². The first-order chi connectivity index (χ1) is 10.8. The standard InChI is InChI=1S/C14H21NO7S/c1-8-3-5-9(6-4-8)23(18,19)21-7-10-12(16)13(17)11(15)14(20-2)22-10/h3-6,10-14,16-17H,7,15H2,1-2H3/t10-,11+,12-,13-,14-/m1/s1. The number of hydrogen-bond donors (Lipinski definition) is 3. The molecule has 8 nitrogen and oxygen atoms in total. The number of ether oxygens (including phenoxy) is 2.